The summed E-state index contributed by atoms with van der Waals surface area (Å²) in [6.07, 6.45) is 1.46. The first-order valence-corrected chi connectivity index (χ1v) is 4.77. The SMILES string of the molecule is CCCC(=O)Sc1nnns1. The maximum Gasteiger partial charge on any atom is 0.201 e. The predicted molar refractivity (Wildman–Crippen MR) is 43.5 cm³/mol. The molecule has 0 radical (unpaired) electrons. The van der Waals surface area contributed by atoms with Crippen LogP contribution in [0.1, 0.15) is 19.8 Å². The summed E-state index contributed by atoms with van der Waals surface area (Å²) in [5, 5.41) is 7.15. The van der Waals surface area contributed by atoms with Gasteiger partial charge in [-0.3, -0.25) is 4.79 Å². The molecule has 1 heterocycles. The van der Waals surface area contributed by atoms with Crippen molar-refractivity contribution in [1.82, 2.24) is 14.8 Å². The van der Waals surface area contributed by atoms with E-state index in [1.807, 2.05) is 6.92 Å². The van der Waals surface area contributed by atoms with E-state index in [-0.39, 0.29) is 5.12 Å². The van der Waals surface area contributed by atoms with E-state index in [0.29, 0.717) is 10.8 Å². The van der Waals surface area contributed by atoms with Gasteiger partial charge in [-0.1, -0.05) is 11.4 Å². The Morgan fingerprint density at radius 3 is 3.09 bits per heavy atom. The van der Waals surface area contributed by atoms with E-state index in [0.717, 1.165) is 29.7 Å². The van der Waals surface area contributed by atoms with Crippen molar-refractivity contribution in [2.45, 2.75) is 24.1 Å². The van der Waals surface area contributed by atoms with Crippen LogP contribution < -0.4 is 0 Å². The zero-order valence-electron chi connectivity index (χ0n) is 5.98. The molecular formula is C5H7N3OS2. The lowest BCUT2D eigenvalue weighted by Gasteiger charge is -1.90. The molecule has 0 aliphatic rings. The van der Waals surface area contributed by atoms with Crippen LogP contribution in [0.4, 0.5) is 0 Å². The van der Waals surface area contributed by atoms with Gasteiger partial charge in [0, 0.05) is 18.0 Å². The Hall–Kier alpha value is -0.490. The van der Waals surface area contributed by atoms with Gasteiger partial charge in [0.25, 0.3) is 0 Å². The van der Waals surface area contributed by atoms with E-state index in [9.17, 15) is 4.79 Å². The summed E-state index contributed by atoms with van der Waals surface area (Å²) in [4.78, 5) is 11.0. The van der Waals surface area contributed by atoms with E-state index in [2.05, 4.69) is 14.8 Å². The molecule has 0 N–H and O–H groups in total. The molecule has 0 aliphatic heterocycles. The van der Waals surface area contributed by atoms with Crippen molar-refractivity contribution >= 4 is 28.4 Å². The van der Waals surface area contributed by atoms with Gasteiger partial charge in [-0.25, -0.2) is 0 Å². The number of hydrogen-bond acceptors (Lipinski definition) is 6. The Labute approximate surface area is 72.6 Å². The third-order valence-corrected chi connectivity index (χ3v) is 2.49. The fourth-order valence-corrected chi connectivity index (χ4v) is 1.84. The molecule has 1 rings (SSSR count). The van der Waals surface area contributed by atoms with Gasteiger partial charge in [0.15, 0.2) is 5.12 Å². The molecule has 0 fully saturated rings. The van der Waals surface area contributed by atoms with Gasteiger partial charge < -0.3 is 0 Å². The highest BCUT2D eigenvalue weighted by atomic mass is 32.2. The third kappa shape index (κ3) is 2.94. The maximum atomic E-state index is 11.0. The molecule has 0 amide bonds. The summed E-state index contributed by atoms with van der Waals surface area (Å²) in [5.41, 5.74) is 0. The molecule has 0 saturated carbocycles. The molecule has 0 spiro atoms. The van der Waals surface area contributed by atoms with Crippen LogP contribution in [0, 0.1) is 0 Å². The quantitative estimate of drug-likeness (QED) is 0.672. The molecule has 0 unspecified atom stereocenters. The molecule has 60 valence electrons. The highest BCUT2D eigenvalue weighted by Gasteiger charge is 2.06. The zero-order chi connectivity index (χ0) is 8.10. The van der Waals surface area contributed by atoms with Gasteiger partial charge in [-0.2, -0.15) is 0 Å². The molecule has 0 atom stereocenters. The molecule has 0 aliphatic carbocycles. The van der Waals surface area contributed by atoms with E-state index in [1.54, 1.807) is 0 Å². The molecule has 1 aromatic rings. The second-order valence-corrected chi connectivity index (χ2v) is 3.89. The number of carbonyl (C=O) groups is 1. The van der Waals surface area contributed by atoms with Crippen molar-refractivity contribution in [2.75, 3.05) is 0 Å². The van der Waals surface area contributed by atoms with Crippen molar-refractivity contribution in [3.05, 3.63) is 0 Å². The standard InChI is InChI=1S/C5H7N3OS2/c1-2-3-4(9)10-5-6-7-8-11-5/h2-3H2,1H3. The van der Waals surface area contributed by atoms with Crippen molar-refractivity contribution in [3.8, 4) is 0 Å². The van der Waals surface area contributed by atoms with Crippen LogP contribution in [0.15, 0.2) is 4.34 Å². The average Bonchev–Trinajstić information content (AvgIpc) is 2.40. The average molecular weight is 189 g/mol. The highest BCUT2D eigenvalue weighted by Crippen LogP contribution is 2.19. The highest BCUT2D eigenvalue weighted by molar-refractivity contribution is 8.14. The summed E-state index contributed by atoms with van der Waals surface area (Å²) in [6.45, 7) is 1.97. The van der Waals surface area contributed by atoms with Crippen molar-refractivity contribution in [3.63, 3.8) is 0 Å². The first kappa shape index (κ1) is 8.61. The number of rotatable bonds is 3. The Morgan fingerprint density at radius 1 is 1.73 bits per heavy atom. The van der Waals surface area contributed by atoms with Crippen molar-refractivity contribution in [1.29, 1.82) is 0 Å². The molecule has 4 nitrogen and oxygen atoms in total. The first-order valence-electron chi connectivity index (χ1n) is 3.18. The smallest absolute Gasteiger partial charge is 0.201 e. The molecule has 1 aromatic heterocycles. The van der Waals surface area contributed by atoms with Crippen LogP contribution in [-0.2, 0) is 4.79 Å². The second kappa shape index (κ2) is 4.40. The number of aromatic nitrogens is 3. The Kier molecular flexibility index (Phi) is 3.44. The Balaban J connectivity index is 2.37. The lowest BCUT2D eigenvalue weighted by atomic mass is 10.4. The van der Waals surface area contributed by atoms with E-state index >= 15 is 0 Å². The fraction of sp³-hybridized carbons (Fsp3) is 0.600. The van der Waals surface area contributed by atoms with Gasteiger partial charge in [-0.05, 0) is 23.4 Å². The summed E-state index contributed by atoms with van der Waals surface area (Å²) >= 11 is 2.27. The molecule has 11 heavy (non-hydrogen) atoms. The number of nitrogens with zero attached hydrogens (tertiary/aromatic N) is 3. The third-order valence-electron chi connectivity index (χ3n) is 0.937. The van der Waals surface area contributed by atoms with E-state index in [4.69, 9.17) is 0 Å². The van der Waals surface area contributed by atoms with Crippen molar-refractivity contribution < 1.29 is 4.79 Å². The summed E-state index contributed by atoms with van der Waals surface area (Å²) < 4.78 is 4.17. The first-order chi connectivity index (χ1) is 5.33. The Morgan fingerprint density at radius 2 is 2.55 bits per heavy atom. The number of thioether (sulfide) groups is 1. The van der Waals surface area contributed by atoms with Gasteiger partial charge in [0.1, 0.15) is 0 Å². The van der Waals surface area contributed by atoms with Gasteiger partial charge in [0.05, 0.1) is 0 Å². The monoisotopic (exact) mass is 189 g/mol. The maximum absolute atomic E-state index is 11.0. The minimum Gasteiger partial charge on any atom is -0.287 e. The minimum absolute atomic E-state index is 0.131. The topological polar surface area (TPSA) is 55.7 Å². The zero-order valence-corrected chi connectivity index (χ0v) is 7.61. The Bertz CT molecular complexity index is 224. The van der Waals surface area contributed by atoms with Crippen LogP contribution in [-0.4, -0.2) is 19.9 Å². The summed E-state index contributed by atoms with van der Waals surface area (Å²) in [5.74, 6) is 0. The number of carbonyl (C=O) groups excluding carboxylic acids is 1. The van der Waals surface area contributed by atoms with Crippen LogP contribution >= 0.6 is 23.3 Å². The van der Waals surface area contributed by atoms with Crippen LogP contribution in [0.2, 0.25) is 0 Å². The largest absolute Gasteiger partial charge is 0.287 e. The number of hydrogen-bond donors (Lipinski definition) is 0. The molecular weight excluding hydrogens is 182 g/mol. The summed E-state index contributed by atoms with van der Waals surface area (Å²) in [6, 6.07) is 0. The van der Waals surface area contributed by atoms with Crippen LogP contribution in [0.5, 0.6) is 0 Å². The lowest BCUT2D eigenvalue weighted by molar-refractivity contribution is -0.111. The predicted octanol–water partition coefficient (Wildman–Crippen LogP) is 1.35. The second-order valence-electron chi connectivity index (χ2n) is 1.85. The minimum atomic E-state index is 0.131. The van der Waals surface area contributed by atoms with Crippen molar-refractivity contribution in [2.24, 2.45) is 0 Å². The van der Waals surface area contributed by atoms with Gasteiger partial charge in [-0.15, -0.1) is 5.10 Å². The summed E-state index contributed by atoms with van der Waals surface area (Å²) in [7, 11) is 0. The normalized spacial score (nSPS) is 9.91. The van der Waals surface area contributed by atoms with Crippen LogP contribution in [0.25, 0.3) is 0 Å². The van der Waals surface area contributed by atoms with E-state index in [1.165, 1.54) is 0 Å². The van der Waals surface area contributed by atoms with Gasteiger partial charge >= 0.3 is 0 Å². The van der Waals surface area contributed by atoms with Crippen LogP contribution in [0.3, 0.4) is 0 Å². The van der Waals surface area contributed by atoms with E-state index < -0.39 is 0 Å². The fourth-order valence-electron chi connectivity index (χ4n) is 0.518. The van der Waals surface area contributed by atoms with Gasteiger partial charge in [0.2, 0.25) is 4.34 Å². The molecule has 6 heteroatoms. The lowest BCUT2D eigenvalue weighted by Crippen LogP contribution is -1.88. The molecule has 0 saturated heterocycles. The molecule has 0 bridgehead atoms. The molecule has 0 aromatic carbocycles.